The van der Waals surface area contributed by atoms with E-state index >= 15 is 0 Å². The van der Waals surface area contributed by atoms with Gasteiger partial charge in [-0.05, 0) is 0 Å². The summed E-state index contributed by atoms with van der Waals surface area (Å²) in [6.07, 6.45) is 0. The lowest BCUT2D eigenvalue weighted by molar-refractivity contribution is 0.0999. The zero-order valence-electron chi connectivity index (χ0n) is 36.0. The van der Waals surface area contributed by atoms with Crippen molar-refractivity contribution >= 4 is 0 Å². The third-order valence-electron chi connectivity index (χ3n) is 11.9. The molecule has 318 valence electrons. The van der Waals surface area contributed by atoms with Crippen molar-refractivity contribution in [3.63, 3.8) is 0 Å². The van der Waals surface area contributed by atoms with Gasteiger partial charge < -0.3 is 14.2 Å². The van der Waals surface area contributed by atoms with Crippen LogP contribution in [0.15, 0.2) is 273 Å². The lowest BCUT2D eigenvalue weighted by Gasteiger charge is -2.37. The average Bonchev–Trinajstić information content (AvgIpc) is 3.41. The first kappa shape index (κ1) is 41.4. The highest BCUT2D eigenvalue weighted by Gasteiger charge is 2.44. The number of rotatable bonds is 15. The zero-order chi connectivity index (χ0) is 44.5. The second kappa shape index (κ2) is 18.6. The van der Waals surface area contributed by atoms with Gasteiger partial charge in [-0.1, -0.05) is 273 Å². The number of benzene rings is 9. The topological polar surface area (TPSA) is 66.4 Å². The molecule has 0 aliphatic carbocycles. The van der Waals surface area contributed by atoms with Gasteiger partial charge in [0.1, 0.15) is 0 Å². The lowest BCUT2D eigenvalue weighted by Crippen LogP contribution is -2.39. The van der Waals surface area contributed by atoms with Gasteiger partial charge in [0.05, 0.1) is 0 Å². The molecule has 0 unspecified atom stereocenters. The molecule has 6 nitrogen and oxygen atoms in total. The Morgan fingerprint density at radius 1 is 0.182 bits per heavy atom. The molecule has 0 fully saturated rings. The largest absolute Gasteiger partial charge is 0.442 e. The standard InChI is InChI=1S/C60H45N3O3/c1-10-28-46(29-11-1)58(47-30-12-2-13-31-47,48-32-14-3-15-33-48)64-55-61-56(65-59(49-34-16-4-17-35-49,50-36-18-5-19-37-50)51-38-20-6-21-39-51)63-57(62-55)66-60(52-40-22-7-23-41-52,53-42-24-8-25-43-53)54-44-26-9-27-45-54/h1-45H. The molecule has 1 heterocycles. The molecule has 1 aromatic heterocycles. The van der Waals surface area contributed by atoms with Crippen LogP contribution in [-0.2, 0) is 16.8 Å². The van der Waals surface area contributed by atoms with Crippen molar-refractivity contribution in [1.82, 2.24) is 15.0 Å². The maximum Gasteiger partial charge on any atom is 0.327 e. The van der Waals surface area contributed by atoms with Crippen LogP contribution in [0.4, 0.5) is 0 Å². The van der Waals surface area contributed by atoms with Crippen molar-refractivity contribution in [1.29, 1.82) is 0 Å². The van der Waals surface area contributed by atoms with E-state index in [1.165, 1.54) is 0 Å². The molecule has 9 aromatic carbocycles. The smallest absolute Gasteiger partial charge is 0.327 e. The van der Waals surface area contributed by atoms with Gasteiger partial charge in [0.15, 0.2) is 16.8 Å². The van der Waals surface area contributed by atoms with Crippen LogP contribution in [0, 0.1) is 0 Å². The van der Waals surface area contributed by atoms with Gasteiger partial charge in [-0.25, -0.2) is 0 Å². The summed E-state index contributed by atoms with van der Waals surface area (Å²) in [6.45, 7) is 0. The summed E-state index contributed by atoms with van der Waals surface area (Å²) in [5, 5.41) is 0. The maximum atomic E-state index is 7.48. The van der Waals surface area contributed by atoms with Crippen LogP contribution in [0.3, 0.4) is 0 Å². The van der Waals surface area contributed by atoms with E-state index in [2.05, 4.69) is 109 Å². The molecule has 0 spiro atoms. The molecule has 0 aliphatic rings. The maximum absolute atomic E-state index is 7.48. The van der Waals surface area contributed by atoms with E-state index < -0.39 is 16.8 Å². The minimum Gasteiger partial charge on any atom is -0.442 e. The molecule has 0 radical (unpaired) electrons. The highest BCUT2D eigenvalue weighted by Crippen LogP contribution is 2.45. The Balaban J connectivity index is 1.26. The second-order valence-corrected chi connectivity index (χ2v) is 15.8. The van der Waals surface area contributed by atoms with Gasteiger partial charge in [-0.15, -0.1) is 15.0 Å². The highest BCUT2D eigenvalue weighted by atomic mass is 16.6. The lowest BCUT2D eigenvalue weighted by atomic mass is 9.80. The number of hydrogen-bond acceptors (Lipinski definition) is 6. The normalized spacial score (nSPS) is 11.6. The van der Waals surface area contributed by atoms with Crippen LogP contribution in [-0.4, -0.2) is 15.0 Å². The minimum atomic E-state index is -1.25. The van der Waals surface area contributed by atoms with Crippen LogP contribution in [0.5, 0.6) is 18.0 Å². The molecule has 0 saturated carbocycles. The summed E-state index contributed by atoms with van der Waals surface area (Å²) in [5.41, 5.74) is 4.07. The molecule has 10 aromatic rings. The number of aromatic nitrogens is 3. The van der Waals surface area contributed by atoms with Crippen LogP contribution < -0.4 is 14.2 Å². The summed E-state index contributed by atoms with van der Waals surface area (Å²) in [5.74, 6) is 0. The Bertz CT molecular complexity index is 2430. The molecule has 0 N–H and O–H groups in total. The monoisotopic (exact) mass is 855 g/mol. The fourth-order valence-electron chi connectivity index (χ4n) is 8.95. The van der Waals surface area contributed by atoms with Crippen molar-refractivity contribution in [2.75, 3.05) is 0 Å². The van der Waals surface area contributed by atoms with Gasteiger partial charge in [0, 0.05) is 50.1 Å². The number of nitrogens with zero attached hydrogens (tertiary/aromatic N) is 3. The first-order valence-electron chi connectivity index (χ1n) is 22.0. The summed E-state index contributed by atoms with van der Waals surface area (Å²) < 4.78 is 22.4. The average molecular weight is 856 g/mol. The molecule has 66 heavy (non-hydrogen) atoms. The summed E-state index contributed by atoms with van der Waals surface area (Å²) in [4.78, 5) is 15.5. The fraction of sp³-hybridized carbons (Fsp3) is 0.0500. The predicted octanol–water partition coefficient (Wildman–Crippen LogP) is 13.0. The van der Waals surface area contributed by atoms with Gasteiger partial charge in [-0.2, -0.15) is 0 Å². The first-order chi connectivity index (χ1) is 32.7. The van der Waals surface area contributed by atoms with Crippen molar-refractivity contribution in [3.8, 4) is 18.0 Å². The Labute approximate surface area is 385 Å². The Morgan fingerprint density at radius 2 is 0.303 bits per heavy atom. The van der Waals surface area contributed by atoms with Crippen molar-refractivity contribution in [2.45, 2.75) is 16.8 Å². The van der Waals surface area contributed by atoms with E-state index in [4.69, 9.17) is 29.2 Å². The second-order valence-electron chi connectivity index (χ2n) is 15.8. The minimum absolute atomic E-state index is 0.0160. The van der Waals surface area contributed by atoms with E-state index in [1.807, 2.05) is 164 Å². The van der Waals surface area contributed by atoms with Gasteiger partial charge >= 0.3 is 18.0 Å². The molecule has 0 amide bonds. The molecule has 0 atom stereocenters. The molecule has 6 heteroatoms. The number of ether oxygens (including phenoxy) is 3. The summed E-state index contributed by atoms with van der Waals surface area (Å²) in [7, 11) is 0. The molecule has 0 bridgehead atoms. The molecular formula is C60H45N3O3. The predicted molar refractivity (Wildman–Crippen MR) is 259 cm³/mol. The fourth-order valence-corrected chi connectivity index (χ4v) is 8.95. The molecule has 0 saturated heterocycles. The third kappa shape index (κ3) is 7.86. The van der Waals surface area contributed by atoms with E-state index in [0.717, 1.165) is 50.1 Å². The first-order valence-corrected chi connectivity index (χ1v) is 22.0. The van der Waals surface area contributed by atoms with Crippen molar-refractivity contribution in [3.05, 3.63) is 323 Å². The Morgan fingerprint density at radius 3 is 0.424 bits per heavy atom. The van der Waals surface area contributed by atoms with Crippen molar-refractivity contribution in [2.24, 2.45) is 0 Å². The third-order valence-corrected chi connectivity index (χ3v) is 11.9. The summed E-state index contributed by atoms with van der Waals surface area (Å²) >= 11 is 0. The number of hydrogen-bond donors (Lipinski definition) is 0. The van der Waals surface area contributed by atoms with Gasteiger partial charge in [0.25, 0.3) is 0 Å². The van der Waals surface area contributed by atoms with E-state index in [1.54, 1.807) is 0 Å². The zero-order valence-corrected chi connectivity index (χ0v) is 36.0. The van der Waals surface area contributed by atoms with Gasteiger partial charge in [-0.3, -0.25) is 0 Å². The molecule has 0 aliphatic heterocycles. The molecule has 10 rings (SSSR count). The van der Waals surface area contributed by atoms with Gasteiger partial charge in [0.2, 0.25) is 0 Å². The van der Waals surface area contributed by atoms with E-state index in [9.17, 15) is 0 Å². The van der Waals surface area contributed by atoms with Crippen LogP contribution >= 0.6 is 0 Å². The summed E-state index contributed by atoms with van der Waals surface area (Å²) in [6, 6.07) is 91.3. The van der Waals surface area contributed by atoms with E-state index in [-0.39, 0.29) is 18.0 Å². The van der Waals surface area contributed by atoms with Crippen LogP contribution in [0.25, 0.3) is 0 Å². The van der Waals surface area contributed by atoms with E-state index in [0.29, 0.717) is 0 Å². The molecular weight excluding hydrogens is 811 g/mol. The quantitative estimate of drug-likeness (QED) is 0.0957. The van der Waals surface area contributed by atoms with Crippen LogP contribution in [0.1, 0.15) is 50.1 Å². The highest BCUT2D eigenvalue weighted by molar-refractivity contribution is 5.52. The Kier molecular flexibility index (Phi) is 11.7. The SMILES string of the molecule is c1ccc(C(Oc2nc(OC(c3ccccc3)(c3ccccc3)c3ccccc3)nc(OC(c3ccccc3)(c3ccccc3)c3ccccc3)n2)(c2ccccc2)c2ccccc2)cc1. The van der Waals surface area contributed by atoms with Crippen molar-refractivity contribution < 1.29 is 14.2 Å². The Hall–Kier alpha value is -8.61. The van der Waals surface area contributed by atoms with Crippen LogP contribution in [0.2, 0.25) is 0 Å².